The molecule has 1 fully saturated rings. The molecule has 1 saturated heterocycles. The largest absolute Gasteiger partial charge is 0.427 e. The lowest BCUT2D eigenvalue weighted by molar-refractivity contribution is 0.0948. The van der Waals surface area contributed by atoms with E-state index in [1.807, 2.05) is 6.07 Å². The Balaban J connectivity index is 0.00000196. The second kappa shape index (κ2) is 11.4. The monoisotopic (exact) mass is 449 g/mol. The summed E-state index contributed by atoms with van der Waals surface area (Å²) in [5.41, 5.74) is 5.69. The van der Waals surface area contributed by atoms with Gasteiger partial charge >= 0.3 is 5.63 Å². The molecule has 11 heteroatoms. The van der Waals surface area contributed by atoms with Gasteiger partial charge in [0.25, 0.3) is 5.91 Å². The van der Waals surface area contributed by atoms with Gasteiger partial charge in [-0.1, -0.05) is 11.3 Å². The number of aryl methyl sites for hydroxylation is 2. The third kappa shape index (κ3) is 6.16. The Morgan fingerprint density at radius 2 is 2.21 bits per heavy atom. The third-order valence-electron chi connectivity index (χ3n) is 4.43. The zero-order valence-electron chi connectivity index (χ0n) is 15.5. The topological polar surface area (TPSA) is 123 Å². The molecule has 1 aliphatic rings. The van der Waals surface area contributed by atoms with E-state index in [9.17, 15) is 9.59 Å². The van der Waals surface area contributed by atoms with Gasteiger partial charge in [0.15, 0.2) is 0 Å². The van der Waals surface area contributed by atoms with Crippen LogP contribution in [0.4, 0.5) is 5.13 Å². The molecular formula is C17H25Cl2N5O3S. The number of amides is 1. The number of aromatic nitrogens is 2. The molecule has 0 radical (unpaired) electrons. The summed E-state index contributed by atoms with van der Waals surface area (Å²) in [5, 5.41) is 15.0. The number of rotatable bonds is 6. The summed E-state index contributed by atoms with van der Waals surface area (Å²) >= 11 is 1.34. The SMILES string of the molecule is Cc1cc(C2CCCNC2)oc(=O)c1C(=O)NCCCc1nnc(N)s1.Cl.Cl. The number of carbonyl (C=O) groups excluding carboxylic acids is 1. The van der Waals surface area contributed by atoms with Gasteiger partial charge < -0.3 is 20.8 Å². The maximum Gasteiger partial charge on any atom is 0.349 e. The molecule has 1 amide bonds. The number of nitrogens with zero attached hydrogens (tertiary/aromatic N) is 2. The number of nitrogen functional groups attached to an aromatic ring is 1. The van der Waals surface area contributed by atoms with Gasteiger partial charge in [-0.05, 0) is 44.4 Å². The standard InChI is InChI=1S/C17H23N5O3S.2ClH/c1-10-8-12(11-4-2-6-19-9-11)25-16(24)14(10)15(23)20-7-3-5-13-21-22-17(18)26-13;;/h8,11,19H,2-7,9H2,1H3,(H2,18,22)(H,20,23);2*1H. The van der Waals surface area contributed by atoms with Crippen molar-refractivity contribution < 1.29 is 9.21 Å². The minimum Gasteiger partial charge on any atom is -0.427 e. The van der Waals surface area contributed by atoms with Gasteiger partial charge in [-0.3, -0.25) is 4.79 Å². The van der Waals surface area contributed by atoms with Gasteiger partial charge in [0.05, 0.1) is 0 Å². The molecule has 0 saturated carbocycles. The van der Waals surface area contributed by atoms with Gasteiger partial charge in [-0.15, -0.1) is 35.0 Å². The number of anilines is 1. The number of nitrogens with one attached hydrogen (secondary N) is 2. The Kier molecular flexibility index (Phi) is 9.88. The highest BCUT2D eigenvalue weighted by Gasteiger charge is 2.22. The van der Waals surface area contributed by atoms with Crippen LogP contribution in [0.5, 0.6) is 0 Å². The van der Waals surface area contributed by atoms with Gasteiger partial charge in [-0.2, -0.15) is 0 Å². The van der Waals surface area contributed by atoms with E-state index < -0.39 is 11.5 Å². The summed E-state index contributed by atoms with van der Waals surface area (Å²) < 4.78 is 5.44. The van der Waals surface area contributed by atoms with Crippen molar-refractivity contribution in [1.29, 1.82) is 0 Å². The molecule has 1 aliphatic heterocycles. The van der Waals surface area contributed by atoms with E-state index in [0.29, 0.717) is 35.8 Å². The molecule has 0 aromatic carbocycles. The Morgan fingerprint density at radius 3 is 2.82 bits per heavy atom. The van der Waals surface area contributed by atoms with Crippen LogP contribution in [-0.4, -0.2) is 35.7 Å². The summed E-state index contributed by atoms with van der Waals surface area (Å²) in [6.07, 6.45) is 3.40. The number of hydrogen-bond donors (Lipinski definition) is 3. The van der Waals surface area contributed by atoms with Crippen molar-refractivity contribution >= 4 is 47.2 Å². The lowest BCUT2D eigenvalue weighted by atomic mass is 9.95. The normalized spacial score (nSPS) is 16.0. The van der Waals surface area contributed by atoms with Crippen LogP contribution in [0.3, 0.4) is 0 Å². The number of hydrogen-bond acceptors (Lipinski definition) is 8. The highest BCUT2D eigenvalue weighted by Crippen LogP contribution is 2.23. The van der Waals surface area contributed by atoms with Crippen molar-refractivity contribution in [2.24, 2.45) is 0 Å². The third-order valence-corrected chi connectivity index (χ3v) is 5.24. The molecule has 0 spiro atoms. The van der Waals surface area contributed by atoms with E-state index >= 15 is 0 Å². The minimum atomic E-state index is -0.569. The van der Waals surface area contributed by atoms with Crippen LogP contribution in [0, 0.1) is 6.92 Å². The average molecular weight is 450 g/mol. The fourth-order valence-corrected chi connectivity index (χ4v) is 3.75. The van der Waals surface area contributed by atoms with Crippen LogP contribution in [0.2, 0.25) is 0 Å². The molecule has 2 aromatic heterocycles. The number of halogens is 2. The Bertz CT molecular complexity index is 836. The van der Waals surface area contributed by atoms with E-state index in [1.165, 1.54) is 11.3 Å². The van der Waals surface area contributed by atoms with Gasteiger partial charge in [0.1, 0.15) is 16.3 Å². The molecule has 3 rings (SSSR count). The summed E-state index contributed by atoms with van der Waals surface area (Å²) in [5.74, 6) is 0.443. The van der Waals surface area contributed by atoms with Crippen LogP contribution < -0.4 is 22.0 Å². The molecule has 8 nitrogen and oxygen atoms in total. The Hall–Kier alpha value is -1.68. The summed E-state index contributed by atoms with van der Waals surface area (Å²) in [7, 11) is 0. The first kappa shape index (κ1) is 24.4. The molecule has 2 aromatic rings. The van der Waals surface area contributed by atoms with Crippen molar-refractivity contribution in [3.63, 3.8) is 0 Å². The Labute approximate surface area is 179 Å². The fraction of sp³-hybridized carbons (Fsp3) is 0.529. The first-order chi connectivity index (χ1) is 12.5. The number of piperidine rings is 1. The van der Waals surface area contributed by atoms with Gasteiger partial charge in [0.2, 0.25) is 5.13 Å². The van der Waals surface area contributed by atoms with Crippen molar-refractivity contribution in [3.05, 3.63) is 38.4 Å². The van der Waals surface area contributed by atoms with Crippen molar-refractivity contribution in [3.8, 4) is 0 Å². The van der Waals surface area contributed by atoms with Gasteiger partial charge in [-0.25, -0.2) is 4.79 Å². The zero-order chi connectivity index (χ0) is 18.5. The summed E-state index contributed by atoms with van der Waals surface area (Å²) in [4.78, 5) is 24.7. The maximum absolute atomic E-state index is 12.4. The molecule has 156 valence electrons. The number of nitrogens with two attached hydrogens (primary N) is 1. The second-order valence-electron chi connectivity index (χ2n) is 6.43. The smallest absolute Gasteiger partial charge is 0.349 e. The average Bonchev–Trinajstić information content (AvgIpc) is 3.04. The van der Waals surface area contributed by atoms with E-state index in [0.717, 1.165) is 30.9 Å². The summed E-state index contributed by atoms with van der Waals surface area (Å²) in [6, 6.07) is 1.82. The van der Waals surface area contributed by atoms with Gasteiger partial charge in [0, 0.05) is 25.4 Å². The minimum absolute atomic E-state index is 0. The van der Waals surface area contributed by atoms with Crippen molar-refractivity contribution in [1.82, 2.24) is 20.8 Å². The summed E-state index contributed by atoms with van der Waals surface area (Å²) in [6.45, 7) is 4.00. The molecule has 0 aliphatic carbocycles. The van der Waals surface area contributed by atoms with Crippen molar-refractivity contribution in [2.75, 3.05) is 25.4 Å². The first-order valence-electron chi connectivity index (χ1n) is 8.76. The molecule has 3 heterocycles. The fourth-order valence-electron chi connectivity index (χ4n) is 3.10. The molecule has 4 N–H and O–H groups in total. The van der Waals surface area contributed by atoms with Crippen LogP contribution in [0.15, 0.2) is 15.3 Å². The predicted molar refractivity (Wildman–Crippen MR) is 114 cm³/mol. The van der Waals surface area contributed by atoms with Crippen LogP contribution in [-0.2, 0) is 6.42 Å². The lowest BCUT2D eigenvalue weighted by Gasteiger charge is -2.22. The van der Waals surface area contributed by atoms with Crippen LogP contribution in [0.1, 0.15) is 51.9 Å². The van der Waals surface area contributed by atoms with Crippen LogP contribution >= 0.6 is 36.2 Å². The molecule has 1 unspecified atom stereocenters. The van der Waals surface area contributed by atoms with Crippen LogP contribution in [0.25, 0.3) is 0 Å². The quantitative estimate of drug-likeness (QED) is 0.576. The molecule has 1 atom stereocenters. The molecular weight excluding hydrogens is 425 g/mol. The second-order valence-corrected chi connectivity index (χ2v) is 7.52. The highest BCUT2D eigenvalue weighted by atomic mass is 35.5. The first-order valence-corrected chi connectivity index (χ1v) is 9.57. The zero-order valence-corrected chi connectivity index (χ0v) is 18.0. The number of carbonyl (C=O) groups is 1. The molecule has 0 bridgehead atoms. The highest BCUT2D eigenvalue weighted by molar-refractivity contribution is 7.15. The van der Waals surface area contributed by atoms with Crippen molar-refractivity contribution in [2.45, 2.75) is 38.5 Å². The van der Waals surface area contributed by atoms with E-state index in [4.69, 9.17) is 10.2 Å². The molecule has 28 heavy (non-hydrogen) atoms. The van der Waals surface area contributed by atoms with E-state index in [1.54, 1.807) is 6.92 Å². The van der Waals surface area contributed by atoms with E-state index in [2.05, 4.69) is 20.8 Å². The maximum atomic E-state index is 12.4. The Morgan fingerprint density at radius 1 is 1.43 bits per heavy atom. The lowest BCUT2D eigenvalue weighted by Crippen LogP contribution is -2.32. The predicted octanol–water partition coefficient (Wildman–Crippen LogP) is 2.06. The van der Waals surface area contributed by atoms with E-state index in [-0.39, 0.29) is 36.3 Å².